The number of benzene rings is 2. The van der Waals surface area contributed by atoms with Gasteiger partial charge in [0.1, 0.15) is 5.69 Å². The molecule has 2 aromatic heterocycles. The lowest BCUT2D eigenvalue weighted by atomic mass is 10.0. The third kappa shape index (κ3) is 4.45. The Kier molecular flexibility index (Phi) is 6.70. The van der Waals surface area contributed by atoms with Gasteiger partial charge >= 0.3 is 0 Å². The van der Waals surface area contributed by atoms with Gasteiger partial charge in [-0.15, -0.1) is 12.4 Å². The first-order chi connectivity index (χ1) is 14.0. The van der Waals surface area contributed by atoms with Gasteiger partial charge in [-0.1, -0.05) is 35.5 Å². The molecule has 0 bridgehead atoms. The second-order valence-corrected chi connectivity index (χ2v) is 7.38. The van der Waals surface area contributed by atoms with E-state index in [-0.39, 0.29) is 18.4 Å². The molecule has 1 unspecified atom stereocenters. The number of halogens is 1. The van der Waals surface area contributed by atoms with Crippen molar-refractivity contribution in [2.24, 2.45) is 0 Å². The van der Waals surface area contributed by atoms with Gasteiger partial charge in [0.15, 0.2) is 5.82 Å². The van der Waals surface area contributed by atoms with E-state index < -0.39 is 0 Å². The molecule has 0 amide bonds. The Morgan fingerprint density at radius 1 is 1.07 bits per heavy atom. The van der Waals surface area contributed by atoms with E-state index in [0.29, 0.717) is 18.1 Å². The molecule has 0 aliphatic carbocycles. The van der Waals surface area contributed by atoms with Gasteiger partial charge in [0.2, 0.25) is 0 Å². The number of aryl methyl sites for hydroxylation is 2. The summed E-state index contributed by atoms with van der Waals surface area (Å²) >= 11 is 0. The molecule has 0 radical (unpaired) electrons. The van der Waals surface area contributed by atoms with Crippen LogP contribution >= 0.6 is 12.4 Å². The molecule has 0 spiro atoms. The molecule has 0 aliphatic rings. The minimum Gasteiger partial charge on any atom is -0.334 e. The number of hydrogen-bond acceptors (Lipinski definition) is 5. The zero-order valence-electron chi connectivity index (χ0n) is 17.6. The van der Waals surface area contributed by atoms with Crippen LogP contribution in [0.15, 0.2) is 59.3 Å². The Morgan fingerprint density at radius 2 is 1.83 bits per heavy atom. The number of aromatic nitrogens is 4. The molecule has 0 saturated carbocycles. The van der Waals surface area contributed by atoms with Crippen LogP contribution in [0.3, 0.4) is 0 Å². The second kappa shape index (κ2) is 9.24. The number of para-hydroxylation sites is 1. The Balaban J connectivity index is 0.00000256. The van der Waals surface area contributed by atoms with Gasteiger partial charge in [-0.05, 0) is 57.1 Å². The molecule has 4 rings (SSSR count). The molecule has 1 atom stereocenters. The van der Waals surface area contributed by atoms with E-state index in [4.69, 9.17) is 9.62 Å². The predicted molar refractivity (Wildman–Crippen MR) is 121 cm³/mol. The SMILES string of the molecule is CNC(C)Cc1noc(-c2cn(-c3ccccc3)nc2-c2ccc(C)c(C)c2)n1.Cl. The summed E-state index contributed by atoms with van der Waals surface area (Å²) in [6.07, 6.45) is 2.66. The normalized spacial score (nSPS) is 11.9. The molecule has 4 aromatic rings. The minimum absolute atomic E-state index is 0. The van der Waals surface area contributed by atoms with Crippen molar-refractivity contribution < 1.29 is 4.52 Å². The molecule has 156 valence electrons. The van der Waals surface area contributed by atoms with Crippen LogP contribution in [0, 0.1) is 13.8 Å². The number of hydrogen-bond donors (Lipinski definition) is 1. The van der Waals surface area contributed by atoms with Crippen LogP contribution in [0.5, 0.6) is 0 Å². The Hall–Kier alpha value is -2.96. The molecule has 0 aliphatic heterocycles. The van der Waals surface area contributed by atoms with Crippen molar-refractivity contribution >= 4 is 12.4 Å². The highest BCUT2D eigenvalue weighted by Crippen LogP contribution is 2.32. The highest BCUT2D eigenvalue weighted by Gasteiger charge is 2.20. The third-order valence-electron chi connectivity index (χ3n) is 5.20. The van der Waals surface area contributed by atoms with Crippen LogP contribution in [-0.2, 0) is 6.42 Å². The van der Waals surface area contributed by atoms with Crippen molar-refractivity contribution in [1.82, 2.24) is 25.2 Å². The summed E-state index contributed by atoms with van der Waals surface area (Å²) in [4.78, 5) is 4.63. The topological polar surface area (TPSA) is 68.8 Å². The third-order valence-corrected chi connectivity index (χ3v) is 5.20. The lowest BCUT2D eigenvalue weighted by Crippen LogP contribution is -2.24. The summed E-state index contributed by atoms with van der Waals surface area (Å²) in [5.74, 6) is 1.17. The average molecular weight is 424 g/mol. The van der Waals surface area contributed by atoms with Crippen molar-refractivity contribution in [3.05, 3.63) is 71.7 Å². The van der Waals surface area contributed by atoms with Gasteiger partial charge < -0.3 is 9.84 Å². The number of likely N-dealkylation sites (N-methyl/N-ethyl adjacent to an activating group) is 1. The first-order valence-electron chi connectivity index (χ1n) is 9.78. The zero-order valence-corrected chi connectivity index (χ0v) is 18.4. The maximum atomic E-state index is 5.62. The highest BCUT2D eigenvalue weighted by molar-refractivity contribution is 5.85. The van der Waals surface area contributed by atoms with Gasteiger partial charge in [-0.3, -0.25) is 0 Å². The van der Waals surface area contributed by atoms with Crippen molar-refractivity contribution in [2.45, 2.75) is 33.2 Å². The monoisotopic (exact) mass is 423 g/mol. The van der Waals surface area contributed by atoms with Crippen molar-refractivity contribution in [3.8, 4) is 28.4 Å². The molecule has 6 nitrogen and oxygen atoms in total. The Labute approximate surface area is 182 Å². The second-order valence-electron chi connectivity index (χ2n) is 7.38. The quantitative estimate of drug-likeness (QED) is 0.483. The number of nitrogens with one attached hydrogen (secondary N) is 1. The molecule has 30 heavy (non-hydrogen) atoms. The van der Waals surface area contributed by atoms with E-state index in [1.54, 1.807) is 0 Å². The van der Waals surface area contributed by atoms with Gasteiger partial charge in [0.05, 0.1) is 11.3 Å². The van der Waals surface area contributed by atoms with Crippen molar-refractivity contribution in [1.29, 1.82) is 0 Å². The van der Waals surface area contributed by atoms with Gasteiger partial charge in [0, 0.05) is 24.2 Å². The number of rotatable bonds is 6. The first-order valence-corrected chi connectivity index (χ1v) is 9.78. The summed E-state index contributed by atoms with van der Waals surface area (Å²) in [5, 5.41) is 12.2. The minimum atomic E-state index is 0. The molecule has 1 N–H and O–H groups in total. The molecule has 0 fully saturated rings. The summed E-state index contributed by atoms with van der Waals surface area (Å²) in [6.45, 7) is 6.30. The molecule has 2 heterocycles. The van der Waals surface area contributed by atoms with E-state index in [1.807, 2.05) is 48.3 Å². The highest BCUT2D eigenvalue weighted by atomic mass is 35.5. The largest absolute Gasteiger partial charge is 0.334 e. The first kappa shape index (κ1) is 21.7. The van der Waals surface area contributed by atoms with Gasteiger partial charge in [0.25, 0.3) is 5.89 Å². The summed E-state index contributed by atoms with van der Waals surface area (Å²) < 4.78 is 7.48. The van der Waals surface area contributed by atoms with E-state index in [0.717, 1.165) is 22.5 Å². The Bertz CT molecular complexity index is 1120. The summed E-state index contributed by atoms with van der Waals surface area (Å²) in [5.41, 5.74) is 6.13. The summed E-state index contributed by atoms with van der Waals surface area (Å²) in [6, 6.07) is 16.7. The van der Waals surface area contributed by atoms with E-state index in [1.165, 1.54) is 11.1 Å². The van der Waals surface area contributed by atoms with Crippen LogP contribution in [0.25, 0.3) is 28.4 Å². The maximum absolute atomic E-state index is 5.62. The van der Waals surface area contributed by atoms with Crippen LogP contribution in [0.1, 0.15) is 23.9 Å². The van der Waals surface area contributed by atoms with Crippen molar-refractivity contribution in [3.63, 3.8) is 0 Å². The zero-order chi connectivity index (χ0) is 20.4. The fourth-order valence-corrected chi connectivity index (χ4v) is 3.17. The lowest BCUT2D eigenvalue weighted by molar-refractivity contribution is 0.418. The predicted octanol–water partition coefficient (Wildman–Crippen LogP) is 4.78. The van der Waals surface area contributed by atoms with Crippen LogP contribution < -0.4 is 5.32 Å². The van der Waals surface area contributed by atoms with Crippen LogP contribution in [0.4, 0.5) is 0 Å². The maximum Gasteiger partial charge on any atom is 0.261 e. The van der Waals surface area contributed by atoms with E-state index in [2.05, 4.69) is 54.4 Å². The molecular formula is C23H26ClN5O. The standard InChI is InChI=1S/C23H25N5O.ClH/c1-15-10-11-18(12-16(15)2)22-20(14-28(26-22)19-8-6-5-7-9-19)23-25-21(27-29-23)13-17(3)24-4;/h5-12,14,17,24H,13H2,1-4H3;1H. The summed E-state index contributed by atoms with van der Waals surface area (Å²) in [7, 11) is 1.92. The van der Waals surface area contributed by atoms with Crippen LogP contribution in [-0.4, -0.2) is 33.0 Å². The lowest BCUT2D eigenvalue weighted by Gasteiger charge is -2.05. The van der Waals surface area contributed by atoms with Gasteiger partial charge in [-0.25, -0.2) is 4.68 Å². The number of nitrogens with zero attached hydrogens (tertiary/aromatic N) is 4. The van der Waals surface area contributed by atoms with Crippen LogP contribution in [0.2, 0.25) is 0 Å². The fraction of sp³-hybridized carbons (Fsp3) is 0.261. The van der Waals surface area contributed by atoms with E-state index >= 15 is 0 Å². The average Bonchev–Trinajstić information content (AvgIpc) is 3.38. The molecule has 7 heteroatoms. The fourth-order valence-electron chi connectivity index (χ4n) is 3.17. The molecular weight excluding hydrogens is 398 g/mol. The van der Waals surface area contributed by atoms with E-state index in [9.17, 15) is 0 Å². The smallest absolute Gasteiger partial charge is 0.261 e. The molecule has 0 saturated heterocycles. The van der Waals surface area contributed by atoms with Gasteiger partial charge in [-0.2, -0.15) is 10.1 Å². The van der Waals surface area contributed by atoms with Crippen molar-refractivity contribution in [2.75, 3.05) is 7.05 Å². The Morgan fingerprint density at radius 3 is 2.53 bits per heavy atom. The molecule has 2 aromatic carbocycles.